The molecule has 0 spiro atoms. The van der Waals surface area contributed by atoms with Crippen molar-refractivity contribution in [1.29, 1.82) is 0 Å². The van der Waals surface area contributed by atoms with Crippen LogP contribution in [0.2, 0.25) is 5.02 Å². The van der Waals surface area contributed by atoms with Crippen molar-refractivity contribution in [2.24, 2.45) is 0 Å². The maximum absolute atomic E-state index is 13.4. The van der Waals surface area contributed by atoms with E-state index in [4.69, 9.17) is 21.1 Å². The number of ether oxygens (including phenoxy) is 2. The second-order valence-electron chi connectivity index (χ2n) is 10.0. The third-order valence-corrected chi connectivity index (χ3v) is 7.25. The zero-order valence-electron chi connectivity index (χ0n) is 21.7. The van der Waals surface area contributed by atoms with Crippen molar-refractivity contribution in [3.05, 3.63) is 100 Å². The number of hydrogen-bond donors (Lipinski definition) is 2. The Labute approximate surface area is 229 Å². The summed E-state index contributed by atoms with van der Waals surface area (Å²) in [6, 6.07) is 24.2. The SMILES string of the molecule is CC(=Cc1ccccc1)CN[C@H]1C[C@@H](C(=O)NCCc2ccc3c(c2)OCO3)N(Cc2cccc(Cl)c2)C1. The van der Waals surface area contributed by atoms with Crippen molar-refractivity contribution in [3.8, 4) is 11.5 Å². The molecule has 2 atom stereocenters. The monoisotopic (exact) mass is 531 g/mol. The highest BCUT2D eigenvalue weighted by Gasteiger charge is 2.36. The van der Waals surface area contributed by atoms with Crippen LogP contribution in [0, 0.1) is 0 Å². The normalized spacial score (nSPS) is 19.1. The van der Waals surface area contributed by atoms with Crippen molar-refractivity contribution < 1.29 is 14.3 Å². The molecule has 3 aromatic rings. The first kappa shape index (κ1) is 26.3. The molecule has 6 nitrogen and oxygen atoms in total. The minimum Gasteiger partial charge on any atom is -0.454 e. The van der Waals surface area contributed by atoms with Gasteiger partial charge < -0.3 is 20.1 Å². The molecule has 0 saturated carbocycles. The highest BCUT2D eigenvalue weighted by atomic mass is 35.5. The van der Waals surface area contributed by atoms with Crippen molar-refractivity contribution in [2.45, 2.75) is 38.4 Å². The number of halogens is 1. The number of amides is 1. The molecule has 1 saturated heterocycles. The minimum absolute atomic E-state index is 0.0635. The fourth-order valence-corrected chi connectivity index (χ4v) is 5.32. The molecular weight excluding hydrogens is 498 g/mol. The van der Waals surface area contributed by atoms with Crippen LogP contribution < -0.4 is 20.1 Å². The molecule has 5 rings (SSSR count). The molecule has 1 fully saturated rings. The molecular formula is C31H34ClN3O3. The van der Waals surface area contributed by atoms with Crippen molar-refractivity contribution >= 4 is 23.6 Å². The van der Waals surface area contributed by atoms with E-state index >= 15 is 0 Å². The predicted molar refractivity (Wildman–Crippen MR) is 151 cm³/mol. The summed E-state index contributed by atoms with van der Waals surface area (Å²) in [6.07, 6.45) is 3.69. The Morgan fingerprint density at radius 3 is 2.71 bits per heavy atom. The molecule has 3 aromatic carbocycles. The van der Waals surface area contributed by atoms with E-state index in [1.54, 1.807) is 0 Å². The van der Waals surface area contributed by atoms with Gasteiger partial charge in [-0.3, -0.25) is 9.69 Å². The number of fused-ring (bicyclic) bond motifs is 1. The molecule has 2 heterocycles. The molecule has 2 aliphatic heterocycles. The summed E-state index contributed by atoms with van der Waals surface area (Å²) in [5.41, 5.74) is 4.67. The number of carbonyl (C=O) groups excluding carboxylic acids is 1. The quantitative estimate of drug-likeness (QED) is 0.383. The van der Waals surface area contributed by atoms with Crippen LogP contribution in [0.1, 0.15) is 30.0 Å². The van der Waals surface area contributed by atoms with Crippen LogP contribution in [0.5, 0.6) is 11.5 Å². The molecule has 0 bridgehead atoms. The average molecular weight is 532 g/mol. The van der Waals surface area contributed by atoms with Crippen molar-refractivity contribution in [2.75, 3.05) is 26.4 Å². The first-order valence-corrected chi connectivity index (χ1v) is 13.5. The lowest BCUT2D eigenvalue weighted by Crippen LogP contribution is -2.43. The lowest BCUT2D eigenvalue weighted by atomic mass is 10.1. The maximum atomic E-state index is 13.4. The number of benzene rings is 3. The number of carbonyl (C=O) groups is 1. The molecule has 198 valence electrons. The van der Waals surface area contributed by atoms with Crippen LogP contribution in [-0.2, 0) is 17.8 Å². The van der Waals surface area contributed by atoms with Crippen molar-refractivity contribution in [1.82, 2.24) is 15.5 Å². The Morgan fingerprint density at radius 1 is 1.03 bits per heavy atom. The van der Waals surface area contributed by atoms with E-state index in [2.05, 4.69) is 46.7 Å². The summed E-state index contributed by atoms with van der Waals surface area (Å²) < 4.78 is 10.9. The van der Waals surface area contributed by atoms with E-state index < -0.39 is 0 Å². The van der Waals surface area contributed by atoms with Gasteiger partial charge in [0.25, 0.3) is 0 Å². The summed E-state index contributed by atoms with van der Waals surface area (Å²) in [5.74, 6) is 1.60. The summed E-state index contributed by atoms with van der Waals surface area (Å²) in [5, 5.41) is 7.56. The van der Waals surface area contributed by atoms with E-state index in [0.717, 1.165) is 48.6 Å². The first-order valence-electron chi connectivity index (χ1n) is 13.1. The predicted octanol–water partition coefficient (Wildman–Crippen LogP) is 5.06. The van der Waals surface area contributed by atoms with Gasteiger partial charge in [-0.2, -0.15) is 0 Å². The Morgan fingerprint density at radius 2 is 1.87 bits per heavy atom. The fourth-order valence-electron chi connectivity index (χ4n) is 5.10. The van der Waals surface area contributed by atoms with E-state index in [-0.39, 0.29) is 24.8 Å². The van der Waals surface area contributed by atoms with Gasteiger partial charge in [0.15, 0.2) is 11.5 Å². The fraction of sp³-hybridized carbons (Fsp3) is 0.323. The molecule has 0 aliphatic carbocycles. The topological polar surface area (TPSA) is 62.8 Å². The highest BCUT2D eigenvalue weighted by Crippen LogP contribution is 2.32. The van der Waals surface area contributed by atoms with Gasteiger partial charge in [-0.15, -0.1) is 0 Å². The third kappa shape index (κ3) is 6.95. The van der Waals surface area contributed by atoms with Gasteiger partial charge >= 0.3 is 0 Å². The summed E-state index contributed by atoms with van der Waals surface area (Å²) in [7, 11) is 0. The van der Waals surface area contributed by atoms with E-state index in [0.29, 0.717) is 18.1 Å². The number of likely N-dealkylation sites (tertiary alicyclic amines) is 1. The number of rotatable bonds is 10. The van der Waals surface area contributed by atoms with E-state index in [1.165, 1.54) is 11.1 Å². The number of nitrogens with zero attached hydrogens (tertiary/aromatic N) is 1. The summed E-state index contributed by atoms with van der Waals surface area (Å²) >= 11 is 6.24. The minimum atomic E-state index is -0.207. The molecule has 7 heteroatoms. The Bertz CT molecular complexity index is 1280. The second kappa shape index (κ2) is 12.5. The third-order valence-electron chi connectivity index (χ3n) is 7.01. The van der Waals surface area contributed by atoms with E-state index in [1.807, 2.05) is 54.6 Å². The molecule has 0 unspecified atom stereocenters. The summed E-state index contributed by atoms with van der Waals surface area (Å²) in [6.45, 7) is 5.22. The van der Waals surface area contributed by atoms with Crippen LogP contribution >= 0.6 is 11.6 Å². The lowest BCUT2D eigenvalue weighted by molar-refractivity contribution is -0.125. The standard InChI is InChI=1S/C31H34ClN3O3/c1-22(14-23-6-3-2-4-7-23)18-34-27-17-28(35(20-27)19-25-8-5-9-26(32)15-25)31(36)33-13-12-24-10-11-29-30(16-24)38-21-37-29/h2-11,14-16,27-28,34H,12-13,17-21H2,1H3,(H,33,36)/t27-,28-/m0/s1. The summed E-state index contributed by atoms with van der Waals surface area (Å²) in [4.78, 5) is 15.6. The van der Waals surface area contributed by atoms with Crippen LogP contribution in [0.3, 0.4) is 0 Å². The second-order valence-corrected chi connectivity index (χ2v) is 10.5. The van der Waals surface area contributed by atoms with Gasteiger partial charge in [-0.25, -0.2) is 0 Å². The van der Waals surface area contributed by atoms with Crippen LogP contribution in [-0.4, -0.2) is 49.3 Å². The van der Waals surface area contributed by atoms with Crippen LogP contribution in [0.4, 0.5) is 0 Å². The molecule has 2 aliphatic rings. The maximum Gasteiger partial charge on any atom is 0.237 e. The molecule has 0 radical (unpaired) electrons. The Hall–Kier alpha value is -3.32. The molecule has 1 amide bonds. The molecule has 0 aromatic heterocycles. The van der Waals surface area contributed by atoms with Gasteiger partial charge in [0, 0.05) is 37.2 Å². The van der Waals surface area contributed by atoms with Gasteiger partial charge in [-0.1, -0.05) is 71.8 Å². The van der Waals surface area contributed by atoms with Gasteiger partial charge in [-0.05, 0) is 60.7 Å². The number of nitrogens with one attached hydrogen (secondary N) is 2. The highest BCUT2D eigenvalue weighted by molar-refractivity contribution is 6.30. The van der Waals surface area contributed by atoms with E-state index in [9.17, 15) is 4.79 Å². The number of hydrogen-bond acceptors (Lipinski definition) is 5. The van der Waals surface area contributed by atoms with Gasteiger partial charge in [0.1, 0.15) is 0 Å². The lowest BCUT2D eigenvalue weighted by Gasteiger charge is -2.23. The van der Waals surface area contributed by atoms with Crippen LogP contribution in [0.25, 0.3) is 6.08 Å². The zero-order chi connectivity index (χ0) is 26.3. The van der Waals surface area contributed by atoms with Gasteiger partial charge in [0.2, 0.25) is 12.7 Å². The smallest absolute Gasteiger partial charge is 0.237 e. The van der Waals surface area contributed by atoms with Crippen molar-refractivity contribution in [3.63, 3.8) is 0 Å². The first-order chi connectivity index (χ1) is 18.5. The molecule has 38 heavy (non-hydrogen) atoms. The zero-order valence-corrected chi connectivity index (χ0v) is 22.4. The Balaban J connectivity index is 1.19. The molecule has 2 N–H and O–H groups in total. The van der Waals surface area contributed by atoms with Crippen LogP contribution in [0.15, 0.2) is 78.4 Å². The average Bonchev–Trinajstić information content (AvgIpc) is 3.55. The van der Waals surface area contributed by atoms with Gasteiger partial charge in [0.05, 0.1) is 6.04 Å². The largest absolute Gasteiger partial charge is 0.454 e. The Kier molecular flexibility index (Phi) is 8.64.